The third-order valence-corrected chi connectivity index (χ3v) is 4.41. The van der Waals surface area contributed by atoms with Gasteiger partial charge >= 0.3 is 0 Å². The first-order valence-electron chi connectivity index (χ1n) is 8.14. The van der Waals surface area contributed by atoms with Crippen molar-refractivity contribution < 1.29 is 19.6 Å². The standard InChI is InChI=1S/C18H17Cl2N3O5/c1-9(2)16(22-17(25)12-7-10(19)3-6-15(12)24)18(26)21-14-5-4-11(23(27)28)8-13(14)20/h3-9,16,24H,1-2H3,(H,21,26)(H,22,25). The number of phenolic OH excluding ortho intramolecular Hbond substituents is 1. The van der Waals surface area contributed by atoms with Gasteiger partial charge in [0, 0.05) is 17.2 Å². The third kappa shape index (κ3) is 5.11. The molecule has 0 aliphatic rings. The topological polar surface area (TPSA) is 122 Å². The van der Waals surface area contributed by atoms with Crippen LogP contribution in [-0.2, 0) is 4.79 Å². The minimum absolute atomic E-state index is 0.0103. The molecule has 28 heavy (non-hydrogen) atoms. The zero-order valence-electron chi connectivity index (χ0n) is 14.9. The molecular weight excluding hydrogens is 409 g/mol. The third-order valence-electron chi connectivity index (χ3n) is 3.86. The second-order valence-corrected chi connectivity index (χ2v) is 7.11. The lowest BCUT2D eigenvalue weighted by molar-refractivity contribution is -0.384. The molecule has 2 amide bonds. The lowest BCUT2D eigenvalue weighted by Gasteiger charge is -2.22. The highest BCUT2D eigenvalue weighted by molar-refractivity contribution is 6.34. The molecule has 0 aliphatic carbocycles. The van der Waals surface area contributed by atoms with Crippen LogP contribution in [0.25, 0.3) is 0 Å². The fourth-order valence-corrected chi connectivity index (χ4v) is 2.77. The Kier molecular flexibility index (Phi) is 6.82. The predicted molar refractivity (Wildman–Crippen MR) is 106 cm³/mol. The number of nitrogens with one attached hydrogen (secondary N) is 2. The molecule has 0 bridgehead atoms. The number of non-ortho nitro benzene ring substituents is 1. The van der Waals surface area contributed by atoms with E-state index in [1.165, 1.54) is 30.3 Å². The first-order valence-corrected chi connectivity index (χ1v) is 8.90. The smallest absolute Gasteiger partial charge is 0.271 e. The molecule has 0 aliphatic heterocycles. The maximum Gasteiger partial charge on any atom is 0.271 e. The molecule has 1 unspecified atom stereocenters. The van der Waals surface area contributed by atoms with Crippen molar-refractivity contribution in [2.24, 2.45) is 5.92 Å². The number of amides is 2. The normalized spacial score (nSPS) is 11.8. The Morgan fingerprint density at radius 3 is 2.39 bits per heavy atom. The Labute approximate surface area is 170 Å². The van der Waals surface area contributed by atoms with Crippen LogP contribution >= 0.6 is 23.2 Å². The summed E-state index contributed by atoms with van der Waals surface area (Å²) in [6.45, 7) is 3.44. The lowest BCUT2D eigenvalue weighted by Crippen LogP contribution is -2.47. The van der Waals surface area contributed by atoms with Crippen LogP contribution in [0.3, 0.4) is 0 Å². The van der Waals surface area contributed by atoms with Gasteiger partial charge in [0.1, 0.15) is 11.8 Å². The summed E-state index contributed by atoms with van der Waals surface area (Å²) in [7, 11) is 0. The molecule has 148 valence electrons. The van der Waals surface area contributed by atoms with Crippen LogP contribution in [-0.4, -0.2) is 27.9 Å². The molecule has 0 saturated heterocycles. The predicted octanol–water partition coefficient (Wildman–Crippen LogP) is 4.00. The number of carbonyl (C=O) groups excluding carboxylic acids is 2. The van der Waals surface area contributed by atoms with Gasteiger partial charge in [-0.05, 0) is 30.2 Å². The van der Waals surface area contributed by atoms with Gasteiger partial charge in [-0.2, -0.15) is 0 Å². The number of halogens is 2. The Morgan fingerprint density at radius 1 is 1.14 bits per heavy atom. The summed E-state index contributed by atoms with van der Waals surface area (Å²) < 4.78 is 0. The molecule has 0 heterocycles. The van der Waals surface area contributed by atoms with Gasteiger partial charge in [-0.25, -0.2) is 0 Å². The van der Waals surface area contributed by atoms with Crippen molar-refractivity contribution in [1.82, 2.24) is 5.32 Å². The summed E-state index contributed by atoms with van der Waals surface area (Å²) in [6, 6.07) is 6.65. The van der Waals surface area contributed by atoms with E-state index in [1.54, 1.807) is 13.8 Å². The highest BCUT2D eigenvalue weighted by Gasteiger charge is 2.26. The number of hydrogen-bond acceptors (Lipinski definition) is 5. The SMILES string of the molecule is CC(C)C(NC(=O)c1cc(Cl)ccc1O)C(=O)Nc1ccc([N+](=O)[O-])cc1Cl. The van der Waals surface area contributed by atoms with Gasteiger partial charge in [-0.15, -0.1) is 0 Å². The van der Waals surface area contributed by atoms with Crippen LogP contribution in [0.5, 0.6) is 5.75 Å². The maximum absolute atomic E-state index is 12.6. The number of carbonyl (C=O) groups is 2. The minimum Gasteiger partial charge on any atom is -0.507 e. The van der Waals surface area contributed by atoms with E-state index in [-0.39, 0.29) is 38.7 Å². The fourth-order valence-electron chi connectivity index (χ4n) is 2.37. The number of nitro groups is 1. The number of nitro benzene ring substituents is 1. The molecule has 0 saturated carbocycles. The van der Waals surface area contributed by atoms with E-state index in [4.69, 9.17) is 23.2 Å². The zero-order valence-corrected chi connectivity index (χ0v) is 16.4. The van der Waals surface area contributed by atoms with Crippen molar-refractivity contribution in [2.75, 3.05) is 5.32 Å². The van der Waals surface area contributed by atoms with Crippen molar-refractivity contribution >= 4 is 46.4 Å². The van der Waals surface area contributed by atoms with Crippen molar-refractivity contribution in [3.05, 3.63) is 62.1 Å². The molecule has 0 radical (unpaired) electrons. The van der Waals surface area contributed by atoms with E-state index in [1.807, 2.05) is 0 Å². The Balaban J connectivity index is 2.19. The van der Waals surface area contributed by atoms with Crippen LogP contribution < -0.4 is 10.6 Å². The average Bonchev–Trinajstić information content (AvgIpc) is 2.62. The summed E-state index contributed by atoms with van der Waals surface area (Å²) in [5.41, 5.74) is -0.116. The molecule has 2 aromatic rings. The number of aromatic hydroxyl groups is 1. The number of nitrogens with zero attached hydrogens (tertiary/aromatic N) is 1. The van der Waals surface area contributed by atoms with E-state index < -0.39 is 22.8 Å². The van der Waals surface area contributed by atoms with E-state index in [9.17, 15) is 24.8 Å². The van der Waals surface area contributed by atoms with Crippen LogP contribution in [0.1, 0.15) is 24.2 Å². The largest absolute Gasteiger partial charge is 0.507 e. The molecule has 0 aromatic heterocycles. The number of anilines is 1. The van der Waals surface area contributed by atoms with Gasteiger partial charge in [0.25, 0.3) is 11.6 Å². The van der Waals surface area contributed by atoms with Crippen LogP contribution in [0.2, 0.25) is 10.0 Å². The molecule has 0 fully saturated rings. The summed E-state index contributed by atoms with van der Waals surface area (Å²) in [5.74, 6) is -1.82. The van der Waals surface area contributed by atoms with Gasteiger partial charge < -0.3 is 15.7 Å². The zero-order chi connectivity index (χ0) is 21.0. The second kappa shape index (κ2) is 8.90. The Morgan fingerprint density at radius 2 is 1.82 bits per heavy atom. The van der Waals surface area contributed by atoms with Gasteiger partial charge in [-0.3, -0.25) is 19.7 Å². The van der Waals surface area contributed by atoms with Crippen LogP contribution in [0.4, 0.5) is 11.4 Å². The van der Waals surface area contributed by atoms with E-state index in [0.717, 1.165) is 6.07 Å². The Hall–Kier alpha value is -2.84. The van der Waals surface area contributed by atoms with Crippen LogP contribution in [0.15, 0.2) is 36.4 Å². The second-order valence-electron chi connectivity index (χ2n) is 6.27. The number of benzene rings is 2. The van der Waals surface area contributed by atoms with E-state index in [2.05, 4.69) is 10.6 Å². The quantitative estimate of drug-likeness (QED) is 0.476. The fraction of sp³-hybridized carbons (Fsp3) is 0.222. The van der Waals surface area contributed by atoms with E-state index in [0.29, 0.717) is 0 Å². The number of hydrogen-bond donors (Lipinski definition) is 3. The molecule has 0 spiro atoms. The number of phenols is 1. The van der Waals surface area contributed by atoms with Crippen molar-refractivity contribution in [3.63, 3.8) is 0 Å². The van der Waals surface area contributed by atoms with Gasteiger partial charge in [-0.1, -0.05) is 37.0 Å². The maximum atomic E-state index is 12.6. The molecular formula is C18H17Cl2N3O5. The summed E-state index contributed by atoms with van der Waals surface area (Å²) >= 11 is 11.8. The number of rotatable bonds is 6. The summed E-state index contributed by atoms with van der Waals surface area (Å²) in [6.07, 6.45) is 0. The summed E-state index contributed by atoms with van der Waals surface area (Å²) in [4.78, 5) is 35.3. The van der Waals surface area contributed by atoms with Gasteiger partial charge in [0.2, 0.25) is 5.91 Å². The first kappa shape index (κ1) is 21.5. The van der Waals surface area contributed by atoms with Gasteiger partial charge in [0.15, 0.2) is 0 Å². The van der Waals surface area contributed by atoms with E-state index >= 15 is 0 Å². The molecule has 8 nitrogen and oxygen atoms in total. The highest BCUT2D eigenvalue weighted by Crippen LogP contribution is 2.27. The van der Waals surface area contributed by atoms with Crippen LogP contribution in [0, 0.1) is 16.0 Å². The van der Waals surface area contributed by atoms with Crippen molar-refractivity contribution in [2.45, 2.75) is 19.9 Å². The summed E-state index contributed by atoms with van der Waals surface area (Å²) in [5, 5.41) is 26.0. The van der Waals surface area contributed by atoms with Crippen molar-refractivity contribution in [1.29, 1.82) is 0 Å². The molecule has 3 N–H and O–H groups in total. The molecule has 10 heteroatoms. The Bertz CT molecular complexity index is 933. The first-order chi connectivity index (χ1) is 13.1. The minimum atomic E-state index is -0.961. The molecule has 1 atom stereocenters. The lowest BCUT2D eigenvalue weighted by atomic mass is 10.0. The monoisotopic (exact) mass is 425 g/mol. The molecule has 2 aromatic carbocycles. The molecule has 2 rings (SSSR count). The highest BCUT2D eigenvalue weighted by atomic mass is 35.5. The average molecular weight is 426 g/mol. The van der Waals surface area contributed by atoms with Gasteiger partial charge in [0.05, 0.1) is 21.2 Å². The van der Waals surface area contributed by atoms with Crippen molar-refractivity contribution in [3.8, 4) is 5.75 Å².